The van der Waals surface area contributed by atoms with Crippen LogP contribution in [0.25, 0.3) is 0 Å². The molecule has 1 spiro atoms. The number of likely N-dealkylation sites (tertiary alicyclic amines) is 1. The van der Waals surface area contributed by atoms with Crippen molar-refractivity contribution in [1.29, 1.82) is 0 Å². The van der Waals surface area contributed by atoms with Gasteiger partial charge in [0.15, 0.2) is 0 Å². The number of amides is 1. The molecule has 3 rings (SSSR count). The van der Waals surface area contributed by atoms with Crippen LogP contribution in [0.1, 0.15) is 19.3 Å². The van der Waals surface area contributed by atoms with Gasteiger partial charge >= 0.3 is 0 Å². The monoisotopic (exact) mass is 298 g/mol. The topological polar surface area (TPSA) is 60.0 Å². The highest BCUT2D eigenvalue weighted by atomic mass is 16.6. The normalized spacial score (nSPS) is 36.6. The van der Waals surface area contributed by atoms with Gasteiger partial charge in [0.25, 0.3) is 0 Å². The fourth-order valence-electron chi connectivity index (χ4n) is 3.64. The molecule has 6 nitrogen and oxygen atoms in total. The van der Waals surface area contributed by atoms with Gasteiger partial charge < -0.3 is 19.5 Å². The molecule has 6 heteroatoms. The van der Waals surface area contributed by atoms with E-state index in [1.54, 1.807) is 7.05 Å². The number of hydrogen-bond donors (Lipinski definition) is 1. The van der Waals surface area contributed by atoms with Crippen LogP contribution in [-0.4, -0.2) is 75.6 Å². The maximum Gasteiger partial charge on any atom is 0.245 e. The summed E-state index contributed by atoms with van der Waals surface area (Å²) < 4.78 is 17.1. The van der Waals surface area contributed by atoms with E-state index >= 15 is 0 Å². The quantitative estimate of drug-likeness (QED) is 0.775. The molecule has 0 bridgehead atoms. The Morgan fingerprint density at radius 1 is 1.48 bits per heavy atom. The predicted molar refractivity (Wildman–Crippen MR) is 77.1 cm³/mol. The van der Waals surface area contributed by atoms with Gasteiger partial charge in [-0.25, -0.2) is 0 Å². The van der Waals surface area contributed by atoms with Crippen LogP contribution in [0.2, 0.25) is 0 Å². The largest absolute Gasteiger partial charge is 0.381 e. The summed E-state index contributed by atoms with van der Waals surface area (Å²) in [5.74, 6) is 0.604. The van der Waals surface area contributed by atoms with Crippen LogP contribution in [0, 0.1) is 5.92 Å². The van der Waals surface area contributed by atoms with E-state index in [-0.39, 0.29) is 24.2 Å². The van der Waals surface area contributed by atoms with Crippen LogP contribution in [0.4, 0.5) is 0 Å². The molecule has 1 amide bonds. The van der Waals surface area contributed by atoms with E-state index in [2.05, 4.69) is 10.2 Å². The van der Waals surface area contributed by atoms with Crippen LogP contribution in [0.15, 0.2) is 0 Å². The van der Waals surface area contributed by atoms with Gasteiger partial charge in [-0.05, 0) is 18.8 Å². The summed E-state index contributed by atoms with van der Waals surface area (Å²) in [6.45, 7) is 5.76. The van der Waals surface area contributed by atoms with Gasteiger partial charge in [-0.1, -0.05) is 0 Å². The third-order valence-corrected chi connectivity index (χ3v) is 4.84. The number of rotatable bonds is 5. The van der Waals surface area contributed by atoms with Crippen LogP contribution >= 0.6 is 0 Å². The Balaban J connectivity index is 1.43. The Morgan fingerprint density at radius 3 is 3.14 bits per heavy atom. The van der Waals surface area contributed by atoms with E-state index in [0.717, 1.165) is 45.7 Å². The molecule has 1 N–H and O–H groups in total. The average molecular weight is 298 g/mol. The second kappa shape index (κ2) is 6.60. The molecule has 0 aromatic heterocycles. The lowest BCUT2D eigenvalue weighted by Gasteiger charge is -2.24. The highest BCUT2D eigenvalue weighted by Gasteiger charge is 2.46. The molecule has 21 heavy (non-hydrogen) atoms. The van der Waals surface area contributed by atoms with Gasteiger partial charge in [0.2, 0.25) is 5.91 Å². The van der Waals surface area contributed by atoms with E-state index in [9.17, 15) is 4.79 Å². The summed E-state index contributed by atoms with van der Waals surface area (Å²) in [5, 5.41) is 2.57. The molecule has 3 atom stereocenters. The van der Waals surface area contributed by atoms with E-state index in [0.29, 0.717) is 12.5 Å². The third-order valence-electron chi connectivity index (χ3n) is 4.84. The molecule has 3 aliphatic rings. The van der Waals surface area contributed by atoms with E-state index in [1.165, 1.54) is 6.42 Å². The minimum absolute atomic E-state index is 0.0488. The number of carbonyl (C=O) groups excluding carboxylic acids is 1. The van der Waals surface area contributed by atoms with Crippen molar-refractivity contribution in [2.24, 2.45) is 5.92 Å². The first kappa shape index (κ1) is 15.2. The number of carbonyl (C=O) groups is 1. The first-order valence-corrected chi connectivity index (χ1v) is 7.95. The summed E-state index contributed by atoms with van der Waals surface area (Å²) >= 11 is 0. The van der Waals surface area contributed by atoms with Crippen LogP contribution < -0.4 is 5.32 Å². The summed E-state index contributed by atoms with van der Waals surface area (Å²) in [6.07, 6.45) is 3.21. The summed E-state index contributed by atoms with van der Waals surface area (Å²) in [5.41, 5.74) is -0.0488. The molecule has 0 aromatic rings. The van der Waals surface area contributed by atoms with E-state index < -0.39 is 0 Å². The van der Waals surface area contributed by atoms with Crippen molar-refractivity contribution in [1.82, 2.24) is 10.2 Å². The molecular formula is C15H26N2O4. The Morgan fingerprint density at radius 2 is 2.38 bits per heavy atom. The second-order valence-electron chi connectivity index (χ2n) is 6.52. The number of ether oxygens (including phenoxy) is 3. The van der Waals surface area contributed by atoms with Crippen LogP contribution in [0.5, 0.6) is 0 Å². The number of nitrogens with one attached hydrogen (secondary N) is 1. The van der Waals surface area contributed by atoms with Gasteiger partial charge in [0.05, 0.1) is 24.9 Å². The smallest absolute Gasteiger partial charge is 0.245 e. The molecule has 3 fully saturated rings. The first-order chi connectivity index (χ1) is 10.2. The lowest BCUT2D eigenvalue weighted by molar-refractivity contribution is -0.127. The van der Waals surface area contributed by atoms with Crippen molar-refractivity contribution in [2.75, 3.05) is 53.1 Å². The summed E-state index contributed by atoms with van der Waals surface area (Å²) in [6, 6.07) is 0. The van der Waals surface area contributed by atoms with Gasteiger partial charge in [0, 0.05) is 39.7 Å². The van der Waals surface area contributed by atoms with Crippen molar-refractivity contribution in [2.45, 2.75) is 31.0 Å². The predicted octanol–water partition coefficient (Wildman–Crippen LogP) is 0.0189. The van der Waals surface area contributed by atoms with Gasteiger partial charge in [-0.2, -0.15) is 0 Å². The average Bonchev–Trinajstić information content (AvgIpc) is 3.21. The molecule has 120 valence electrons. The Kier molecular flexibility index (Phi) is 4.78. The van der Waals surface area contributed by atoms with Crippen LogP contribution in [-0.2, 0) is 19.0 Å². The highest BCUT2D eigenvalue weighted by Crippen LogP contribution is 2.36. The Bertz CT molecular complexity index is 373. The van der Waals surface area contributed by atoms with Crippen molar-refractivity contribution in [3.05, 3.63) is 0 Å². The second-order valence-corrected chi connectivity index (χ2v) is 6.52. The molecule has 3 heterocycles. The number of nitrogens with zero attached hydrogens (tertiary/aromatic N) is 1. The van der Waals surface area contributed by atoms with Crippen molar-refractivity contribution < 1.29 is 19.0 Å². The van der Waals surface area contributed by atoms with Crippen LogP contribution in [0.3, 0.4) is 0 Å². The molecule has 3 saturated heterocycles. The standard InChI is InChI=1S/C15H26N2O4/c1-16-14(18)10-20-13-6-15(21-9-13)3-4-17(11-15)7-12-2-5-19-8-12/h12-13H,2-11H2,1H3,(H,16,18). The lowest BCUT2D eigenvalue weighted by atomic mass is 9.98. The molecule has 0 aromatic carbocycles. The fraction of sp³-hybridized carbons (Fsp3) is 0.933. The van der Waals surface area contributed by atoms with Crippen molar-refractivity contribution in [3.8, 4) is 0 Å². The van der Waals surface area contributed by atoms with E-state index in [1.807, 2.05) is 0 Å². The van der Waals surface area contributed by atoms with Crippen molar-refractivity contribution >= 4 is 5.91 Å². The molecule has 0 radical (unpaired) electrons. The maximum absolute atomic E-state index is 11.2. The SMILES string of the molecule is CNC(=O)COC1COC2(CCN(CC3CCOC3)C2)C1. The maximum atomic E-state index is 11.2. The highest BCUT2D eigenvalue weighted by molar-refractivity contribution is 5.76. The van der Waals surface area contributed by atoms with Crippen molar-refractivity contribution in [3.63, 3.8) is 0 Å². The molecular weight excluding hydrogens is 272 g/mol. The lowest BCUT2D eigenvalue weighted by Crippen LogP contribution is -2.35. The zero-order valence-electron chi connectivity index (χ0n) is 12.8. The zero-order valence-corrected chi connectivity index (χ0v) is 12.8. The summed E-state index contributed by atoms with van der Waals surface area (Å²) in [4.78, 5) is 13.7. The summed E-state index contributed by atoms with van der Waals surface area (Å²) in [7, 11) is 1.62. The molecule has 3 unspecified atom stereocenters. The van der Waals surface area contributed by atoms with Gasteiger partial charge in [-0.3, -0.25) is 9.69 Å². The number of hydrogen-bond acceptors (Lipinski definition) is 5. The number of likely N-dealkylation sites (N-methyl/N-ethyl adjacent to an activating group) is 1. The molecule has 0 saturated carbocycles. The first-order valence-electron chi connectivity index (χ1n) is 7.95. The van der Waals surface area contributed by atoms with Gasteiger partial charge in [-0.15, -0.1) is 0 Å². The fourth-order valence-corrected chi connectivity index (χ4v) is 3.64. The van der Waals surface area contributed by atoms with Gasteiger partial charge in [0.1, 0.15) is 6.61 Å². The third kappa shape index (κ3) is 3.74. The molecule has 0 aliphatic carbocycles. The minimum Gasteiger partial charge on any atom is -0.381 e. The van der Waals surface area contributed by atoms with E-state index in [4.69, 9.17) is 14.2 Å². The zero-order chi connectivity index (χ0) is 14.7. The Hall–Kier alpha value is -0.690. The Labute approximate surface area is 126 Å². The molecule has 3 aliphatic heterocycles. The minimum atomic E-state index is -0.0785.